The minimum Gasteiger partial charge on any atom is -0.489 e. The number of nitrogens with zero attached hydrogens (tertiary/aromatic N) is 5. The number of rotatable bonds is 4. The first-order valence-corrected chi connectivity index (χ1v) is 15.6. The maximum atomic E-state index is 16.9. The van der Waals surface area contributed by atoms with E-state index in [2.05, 4.69) is 20.3 Å². The van der Waals surface area contributed by atoms with E-state index < -0.39 is 51.7 Å². The molecule has 0 radical (unpaired) electrons. The van der Waals surface area contributed by atoms with Crippen molar-refractivity contribution in [1.29, 1.82) is 0 Å². The van der Waals surface area contributed by atoms with Crippen LogP contribution in [0.2, 0.25) is 5.02 Å². The Balaban J connectivity index is 1.33. The van der Waals surface area contributed by atoms with Crippen LogP contribution in [0.4, 0.5) is 38.0 Å². The van der Waals surface area contributed by atoms with E-state index in [-0.39, 0.29) is 77.7 Å². The van der Waals surface area contributed by atoms with Gasteiger partial charge in [0.25, 0.3) is 5.92 Å². The molecule has 2 bridgehead atoms. The molecule has 7 heterocycles. The Morgan fingerprint density at radius 3 is 2.80 bits per heavy atom. The monoisotopic (exact) mass is 669 g/mol. The number of halogens is 7. The number of hydrogen-bond donors (Lipinski definition) is 2. The van der Waals surface area contributed by atoms with E-state index in [0.29, 0.717) is 19.5 Å². The van der Waals surface area contributed by atoms with Crippen molar-refractivity contribution in [3.63, 3.8) is 0 Å². The molecule has 0 saturated carbocycles. The highest BCUT2D eigenvalue weighted by atomic mass is 35.5. The molecule has 5 aliphatic rings. The van der Waals surface area contributed by atoms with Crippen molar-refractivity contribution >= 4 is 34.1 Å². The lowest BCUT2D eigenvalue weighted by Crippen LogP contribution is -2.60. The summed E-state index contributed by atoms with van der Waals surface area (Å²) in [5.74, 6) is -4.15. The van der Waals surface area contributed by atoms with Crippen molar-refractivity contribution in [2.45, 2.75) is 74.8 Å². The van der Waals surface area contributed by atoms with Gasteiger partial charge in [0.1, 0.15) is 30.4 Å². The molecule has 4 saturated heterocycles. The predicted molar refractivity (Wildman–Crippen MR) is 157 cm³/mol. The number of anilines is 2. The second-order valence-electron chi connectivity index (χ2n) is 13.1. The first kappa shape index (κ1) is 30.1. The first-order chi connectivity index (χ1) is 21.7. The third-order valence-corrected chi connectivity index (χ3v) is 10.5. The van der Waals surface area contributed by atoms with Crippen LogP contribution in [0, 0.1) is 12.7 Å². The molecule has 46 heavy (non-hydrogen) atoms. The zero-order chi connectivity index (χ0) is 32.3. The molecule has 0 spiro atoms. The van der Waals surface area contributed by atoms with Crippen LogP contribution in [-0.2, 0) is 6.18 Å². The highest BCUT2D eigenvalue weighted by Gasteiger charge is 2.57. The third kappa shape index (κ3) is 4.55. The number of nitrogen functional groups attached to an aromatic ring is 1. The minimum atomic E-state index is -4.92. The smallest absolute Gasteiger partial charge is 0.418 e. The zero-order valence-electron chi connectivity index (χ0n) is 24.7. The van der Waals surface area contributed by atoms with Gasteiger partial charge in [-0.15, -0.1) is 0 Å². The molecule has 4 atom stereocenters. The number of aromatic nitrogens is 3. The fourth-order valence-corrected chi connectivity index (χ4v) is 8.59. The van der Waals surface area contributed by atoms with Gasteiger partial charge in [-0.25, -0.2) is 18.2 Å². The van der Waals surface area contributed by atoms with Crippen molar-refractivity contribution < 1.29 is 35.8 Å². The number of alkyl halides is 5. The number of nitrogens with one attached hydrogen (secondary N) is 1. The van der Waals surface area contributed by atoms with Gasteiger partial charge >= 0.3 is 12.2 Å². The van der Waals surface area contributed by atoms with E-state index >= 15 is 4.39 Å². The van der Waals surface area contributed by atoms with Crippen molar-refractivity contribution in [2.24, 2.45) is 0 Å². The van der Waals surface area contributed by atoms with E-state index in [1.165, 1.54) is 6.92 Å². The van der Waals surface area contributed by atoms with Gasteiger partial charge in [0.2, 0.25) is 0 Å². The van der Waals surface area contributed by atoms with Crippen molar-refractivity contribution in [1.82, 2.24) is 25.2 Å². The van der Waals surface area contributed by atoms with Gasteiger partial charge in [-0.05, 0) is 50.8 Å². The average Bonchev–Trinajstić information content (AvgIpc) is 3.56. The molecule has 8 rings (SSSR count). The van der Waals surface area contributed by atoms with Gasteiger partial charge in [-0.1, -0.05) is 11.6 Å². The lowest BCUT2D eigenvalue weighted by atomic mass is 9.94. The van der Waals surface area contributed by atoms with Gasteiger partial charge in [0.15, 0.2) is 11.6 Å². The second-order valence-corrected chi connectivity index (χ2v) is 13.5. The first-order valence-electron chi connectivity index (χ1n) is 15.2. The molecular weight excluding hydrogens is 640 g/mol. The van der Waals surface area contributed by atoms with Crippen molar-refractivity contribution in [3.8, 4) is 23.0 Å². The molecule has 0 unspecified atom stereocenters. The number of piperazine rings is 1. The number of benzene rings is 1. The van der Waals surface area contributed by atoms with Gasteiger partial charge in [0, 0.05) is 25.0 Å². The lowest BCUT2D eigenvalue weighted by molar-refractivity contribution is -0.137. The molecule has 5 aliphatic heterocycles. The highest BCUT2D eigenvalue weighted by molar-refractivity contribution is 6.36. The van der Waals surface area contributed by atoms with E-state index in [1.54, 1.807) is 4.90 Å². The fourth-order valence-electron chi connectivity index (χ4n) is 8.26. The lowest BCUT2D eigenvalue weighted by Gasteiger charge is -2.40. The largest absolute Gasteiger partial charge is 0.489 e. The van der Waals surface area contributed by atoms with Crippen molar-refractivity contribution in [2.75, 3.05) is 43.5 Å². The van der Waals surface area contributed by atoms with Crippen LogP contribution in [0.25, 0.3) is 22.2 Å². The van der Waals surface area contributed by atoms with Gasteiger partial charge in [0.05, 0.1) is 45.4 Å². The SMILES string of the molecule is Cc1cc(N)nc(-c2c(Cl)c3c4c(nc(OC[C@]56CCCN5CC(F)(F)C6)nc4c2F)N2C[C@H]4CC[C@H](N4)[C@H]2CO3)c1C(F)(F)F. The summed E-state index contributed by atoms with van der Waals surface area (Å²) in [5.41, 5.74) is 1.61. The maximum Gasteiger partial charge on any atom is 0.418 e. The summed E-state index contributed by atoms with van der Waals surface area (Å²) in [6.07, 6.45) is -2.35. The number of aryl methyl sites for hydroxylation is 1. The molecule has 4 fully saturated rings. The van der Waals surface area contributed by atoms with Crippen LogP contribution in [0.3, 0.4) is 0 Å². The van der Waals surface area contributed by atoms with E-state index in [1.807, 2.05) is 4.90 Å². The Morgan fingerprint density at radius 1 is 1.22 bits per heavy atom. The summed E-state index contributed by atoms with van der Waals surface area (Å²) in [5, 5.41) is 3.23. The van der Waals surface area contributed by atoms with Crippen LogP contribution in [0.5, 0.6) is 11.8 Å². The molecule has 0 aliphatic carbocycles. The molecule has 2 aromatic heterocycles. The normalized spacial score (nSPS) is 28.3. The van der Waals surface area contributed by atoms with Gasteiger partial charge < -0.3 is 25.4 Å². The topological polar surface area (TPSA) is 102 Å². The quantitative estimate of drug-likeness (QED) is 0.356. The van der Waals surface area contributed by atoms with E-state index in [0.717, 1.165) is 25.3 Å². The summed E-state index contributed by atoms with van der Waals surface area (Å²) in [6, 6.07) is 0.631. The maximum absolute atomic E-state index is 16.9. The Morgan fingerprint density at radius 2 is 2.02 bits per heavy atom. The van der Waals surface area contributed by atoms with Gasteiger partial charge in [-0.3, -0.25) is 4.90 Å². The average molecular weight is 670 g/mol. The molecule has 9 nitrogen and oxygen atoms in total. The van der Waals surface area contributed by atoms with E-state index in [9.17, 15) is 22.0 Å². The molecule has 16 heteroatoms. The van der Waals surface area contributed by atoms with E-state index in [4.69, 9.17) is 26.8 Å². The Bertz CT molecular complexity index is 1780. The molecule has 1 aromatic carbocycles. The number of ether oxygens (including phenoxy) is 2. The highest BCUT2D eigenvalue weighted by Crippen LogP contribution is 2.52. The van der Waals surface area contributed by atoms with Crippen LogP contribution in [-0.4, -0.2) is 82.3 Å². The molecule has 0 amide bonds. The Hall–Kier alpha value is -3.30. The van der Waals surface area contributed by atoms with Crippen molar-refractivity contribution in [3.05, 3.63) is 28.0 Å². The predicted octanol–water partition coefficient (Wildman–Crippen LogP) is 5.35. The Kier molecular flexibility index (Phi) is 6.60. The molecule has 3 aromatic rings. The van der Waals surface area contributed by atoms with Gasteiger partial charge in [-0.2, -0.15) is 23.1 Å². The zero-order valence-corrected chi connectivity index (χ0v) is 25.4. The van der Waals surface area contributed by atoms with Crippen LogP contribution >= 0.6 is 11.6 Å². The summed E-state index contributed by atoms with van der Waals surface area (Å²) in [6.45, 7) is 1.74. The Labute approximate surface area is 264 Å². The number of pyridine rings is 1. The summed E-state index contributed by atoms with van der Waals surface area (Å²) >= 11 is 6.77. The molecular formula is C30H30ClF6N7O2. The van der Waals surface area contributed by atoms with Crippen LogP contribution in [0.15, 0.2) is 6.07 Å². The standard InChI is InChI=1S/C30H30ClF6N7O2/c1-13-7-17(38)40-23(20(13)30(35,36)37)18-21(31)25-19-24(22(18)32)41-27(46-12-28-5-2-6-43(28)11-29(33,34)10-28)42-26(19)44-8-14-3-4-15(39-14)16(44)9-45-25/h7,14-16,39H,2-6,8-12H2,1H3,(H2,38,40)/t14-,15+,16-,28-/m1/s1. The fraction of sp³-hybridized carbons (Fsp3) is 0.567. The number of nitrogens with two attached hydrogens (primary N) is 1. The third-order valence-electron chi connectivity index (χ3n) is 10.1. The summed E-state index contributed by atoms with van der Waals surface area (Å²) in [4.78, 5) is 16.6. The number of fused-ring (bicyclic) bond motifs is 6. The summed E-state index contributed by atoms with van der Waals surface area (Å²) < 4.78 is 101. The molecule has 3 N–H and O–H groups in total. The summed E-state index contributed by atoms with van der Waals surface area (Å²) in [7, 11) is 0. The van der Waals surface area contributed by atoms with Crippen LogP contribution < -0.4 is 25.4 Å². The minimum absolute atomic E-state index is 0.00673. The second kappa shape index (κ2) is 10.1. The number of hydrogen-bond acceptors (Lipinski definition) is 9. The van der Waals surface area contributed by atoms with Crippen LogP contribution in [0.1, 0.15) is 43.2 Å². The molecule has 246 valence electrons.